The van der Waals surface area contributed by atoms with Crippen molar-refractivity contribution in [2.75, 3.05) is 13.1 Å². The summed E-state index contributed by atoms with van der Waals surface area (Å²) < 4.78 is 28.0. The molecule has 1 saturated heterocycles. The van der Waals surface area contributed by atoms with Crippen molar-refractivity contribution < 1.29 is 17.6 Å². The molecule has 2 heterocycles. The van der Waals surface area contributed by atoms with Gasteiger partial charge in [-0.05, 0) is 25.2 Å². The predicted molar refractivity (Wildman–Crippen MR) is 73.7 cm³/mol. The monoisotopic (exact) mass is 300 g/mol. The topological polar surface area (TPSA) is 93.6 Å². The third-order valence-corrected chi connectivity index (χ3v) is 4.60. The largest absolute Gasteiger partial charge is 0.455 e. The van der Waals surface area contributed by atoms with Gasteiger partial charge in [-0.1, -0.05) is 13.8 Å². The van der Waals surface area contributed by atoms with Gasteiger partial charge in [0, 0.05) is 19.2 Å². The number of primary sulfonamides is 1. The SMILES string of the molecule is Cc1oc(C(=O)N2CCCC(C)(C)C2)cc1S(N)(=O)=O. The van der Waals surface area contributed by atoms with Crippen LogP contribution in [0.2, 0.25) is 0 Å². The summed E-state index contributed by atoms with van der Waals surface area (Å²) in [4.78, 5) is 14.0. The van der Waals surface area contributed by atoms with E-state index < -0.39 is 10.0 Å². The Labute approximate surface area is 119 Å². The van der Waals surface area contributed by atoms with Crippen molar-refractivity contribution in [2.24, 2.45) is 10.6 Å². The Kier molecular flexibility index (Phi) is 3.68. The highest BCUT2D eigenvalue weighted by Gasteiger charge is 2.31. The van der Waals surface area contributed by atoms with Crippen molar-refractivity contribution in [3.8, 4) is 0 Å². The minimum atomic E-state index is -3.86. The third kappa shape index (κ3) is 3.04. The Bertz CT molecular complexity index is 631. The second-order valence-electron chi connectivity index (χ2n) is 6.07. The van der Waals surface area contributed by atoms with Gasteiger partial charge in [-0.25, -0.2) is 13.6 Å². The lowest BCUT2D eigenvalue weighted by Gasteiger charge is -2.37. The fraction of sp³-hybridized carbons (Fsp3) is 0.615. The predicted octanol–water partition coefficient (Wildman–Crippen LogP) is 1.50. The molecule has 0 saturated carbocycles. The zero-order chi connectivity index (χ0) is 15.1. The fourth-order valence-electron chi connectivity index (χ4n) is 2.61. The summed E-state index contributed by atoms with van der Waals surface area (Å²) >= 11 is 0. The Balaban J connectivity index is 2.26. The number of aryl methyl sites for hydroxylation is 1. The first-order valence-electron chi connectivity index (χ1n) is 6.53. The van der Waals surface area contributed by atoms with Crippen LogP contribution in [-0.4, -0.2) is 32.3 Å². The molecule has 0 atom stereocenters. The third-order valence-electron chi connectivity index (χ3n) is 3.58. The minimum Gasteiger partial charge on any atom is -0.455 e. The molecule has 1 aliphatic heterocycles. The molecule has 0 aliphatic carbocycles. The van der Waals surface area contributed by atoms with Gasteiger partial charge >= 0.3 is 0 Å². The van der Waals surface area contributed by atoms with Crippen LogP contribution in [0.3, 0.4) is 0 Å². The maximum absolute atomic E-state index is 12.4. The highest BCUT2D eigenvalue weighted by Crippen LogP contribution is 2.30. The summed E-state index contributed by atoms with van der Waals surface area (Å²) in [5.41, 5.74) is 0.0678. The smallest absolute Gasteiger partial charge is 0.289 e. The van der Waals surface area contributed by atoms with Gasteiger partial charge in [0.15, 0.2) is 5.76 Å². The Morgan fingerprint density at radius 1 is 1.45 bits per heavy atom. The fourth-order valence-corrected chi connectivity index (χ4v) is 3.32. The van der Waals surface area contributed by atoms with Crippen LogP contribution in [-0.2, 0) is 10.0 Å². The van der Waals surface area contributed by atoms with Gasteiger partial charge in [0.2, 0.25) is 10.0 Å². The Hall–Kier alpha value is -1.34. The first-order chi connectivity index (χ1) is 9.10. The van der Waals surface area contributed by atoms with E-state index in [-0.39, 0.29) is 27.7 Å². The molecule has 112 valence electrons. The van der Waals surface area contributed by atoms with Crippen molar-refractivity contribution in [2.45, 2.75) is 38.5 Å². The van der Waals surface area contributed by atoms with Gasteiger partial charge in [-0.2, -0.15) is 0 Å². The van der Waals surface area contributed by atoms with Crippen molar-refractivity contribution in [3.63, 3.8) is 0 Å². The van der Waals surface area contributed by atoms with Crippen molar-refractivity contribution >= 4 is 15.9 Å². The Morgan fingerprint density at radius 2 is 2.10 bits per heavy atom. The van der Waals surface area contributed by atoms with Crippen LogP contribution in [0.15, 0.2) is 15.4 Å². The summed E-state index contributed by atoms with van der Waals surface area (Å²) in [6.45, 7) is 6.99. The van der Waals surface area contributed by atoms with E-state index in [0.717, 1.165) is 12.8 Å². The number of likely N-dealkylation sites (tertiary alicyclic amines) is 1. The molecule has 6 nitrogen and oxygen atoms in total. The lowest BCUT2D eigenvalue weighted by atomic mass is 9.84. The van der Waals surface area contributed by atoms with Crippen molar-refractivity contribution in [1.29, 1.82) is 0 Å². The van der Waals surface area contributed by atoms with Crippen molar-refractivity contribution in [1.82, 2.24) is 4.90 Å². The lowest BCUT2D eigenvalue weighted by molar-refractivity contribution is 0.0551. The number of hydrogen-bond donors (Lipinski definition) is 1. The number of furan rings is 1. The molecule has 2 rings (SSSR count). The number of carbonyl (C=O) groups excluding carboxylic acids is 1. The van der Waals surface area contributed by atoms with Crippen LogP contribution in [0.1, 0.15) is 43.0 Å². The van der Waals surface area contributed by atoms with Gasteiger partial charge in [-0.3, -0.25) is 4.79 Å². The van der Waals surface area contributed by atoms with Crippen LogP contribution in [0.25, 0.3) is 0 Å². The van der Waals surface area contributed by atoms with Crippen LogP contribution in [0.4, 0.5) is 0 Å². The Morgan fingerprint density at radius 3 is 2.60 bits per heavy atom. The normalized spacial score (nSPS) is 19.1. The summed E-state index contributed by atoms with van der Waals surface area (Å²) in [7, 11) is -3.86. The first-order valence-corrected chi connectivity index (χ1v) is 8.07. The highest BCUT2D eigenvalue weighted by atomic mass is 32.2. The molecular formula is C13H20N2O4S. The quantitative estimate of drug-likeness (QED) is 0.895. The molecule has 1 amide bonds. The average Bonchev–Trinajstić information content (AvgIpc) is 2.68. The molecule has 1 fully saturated rings. The van der Waals surface area contributed by atoms with Gasteiger partial charge in [0.05, 0.1) is 0 Å². The van der Waals surface area contributed by atoms with E-state index in [1.807, 2.05) is 0 Å². The molecule has 7 heteroatoms. The van der Waals surface area contributed by atoms with E-state index in [1.54, 1.807) is 4.90 Å². The molecule has 20 heavy (non-hydrogen) atoms. The molecule has 1 aromatic heterocycles. The number of hydrogen-bond acceptors (Lipinski definition) is 4. The minimum absolute atomic E-state index is 0.0317. The standard InChI is InChI=1S/C13H20N2O4S/c1-9-11(20(14,17)18)7-10(19-9)12(16)15-6-4-5-13(2,3)8-15/h7H,4-6,8H2,1-3H3,(H2,14,17,18). The van der Waals surface area contributed by atoms with Crippen LogP contribution >= 0.6 is 0 Å². The maximum atomic E-state index is 12.4. The highest BCUT2D eigenvalue weighted by molar-refractivity contribution is 7.89. The van der Waals surface area contributed by atoms with E-state index >= 15 is 0 Å². The number of nitrogens with two attached hydrogens (primary N) is 1. The summed E-state index contributed by atoms with van der Waals surface area (Å²) in [5.74, 6) is -0.105. The lowest BCUT2D eigenvalue weighted by Crippen LogP contribution is -2.43. The van der Waals surface area contributed by atoms with Crippen LogP contribution < -0.4 is 5.14 Å². The van der Waals surface area contributed by atoms with Crippen LogP contribution in [0.5, 0.6) is 0 Å². The molecule has 0 aromatic carbocycles. The molecular weight excluding hydrogens is 280 g/mol. The summed E-state index contributed by atoms with van der Waals surface area (Å²) in [5, 5.41) is 5.08. The molecule has 1 aromatic rings. The van der Waals surface area contributed by atoms with E-state index in [0.29, 0.717) is 13.1 Å². The summed E-state index contributed by atoms with van der Waals surface area (Å²) in [6, 6.07) is 1.22. The van der Waals surface area contributed by atoms with E-state index in [9.17, 15) is 13.2 Å². The van der Waals surface area contributed by atoms with Crippen LogP contribution in [0, 0.1) is 12.3 Å². The zero-order valence-corrected chi connectivity index (χ0v) is 12.8. The number of nitrogens with zero attached hydrogens (tertiary/aromatic N) is 1. The van der Waals surface area contributed by atoms with E-state index in [1.165, 1.54) is 13.0 Å². The second kappa shape index (κ2) is 4.89. The van der Waals surface area contributed by atoms with Gasteiger partial charge in [-0.15, -0.1) is 0 Å². The first kappa shape index (κ1) is 15.1. The van der Waals surface area contributed by atoms with E-state index in [4.69, 9.17) is 9.56 Å². The zero-order valence-electron chi connectivity index (χ0n) is 12.0. The molecule has 0 spiro atoms. The van der Waals surface area contributed by atoms with Gasteiger partial charge in [0.1, 0.15) is 10.7 Å². The van der Waals surface area contributed by atoms with Crippen molar-refractivity contribution in [3.05, 3.63) is 17.6 Å². The molecule has 2 N–H and O–H groups in total. The number of piperidine rings is 1. The number of sulfonamides is 1. The molecule has 0 radical (unpaired) electrons. The number of amides is 1. The second-order valence-corrected chi connectivity index (χ2v) is 7.60. The molecule has 0 bridgehead atoms. The summed E-state index contributed by atoms with van der Waals surface area (Å²) in [6.07, 6.45) is 2.00. The van der Waals surface area contributed by atoms with Gasteiger partial charge in [0.25, 0.3) is 5.91 Å². The van der Waals surface area contributed by atoms with Gasteiger partial charge < -0.3 is 9.32 Å². The van der Waals surface area contributed by atoms with E-state index in [2.05, 4.69) is 13.8 Å². The number of carbonyl (C=O) groups is 1. The maximum Gasteiger partial charge on any atom is 0.289 e. The average molecular weight is 300 g/mol. The molecule has 1 aliphatic rings. The molecule has 0 unspecified atom stereocenters. The number of rotatable bonds is 2.